The van der Waals surface area contributed by atoms with Gasteiger partial charge in [0.2, 0.25) is 0 Å². The van der Waals surface area contributed by atoms with Gasteiger partial charge in [-0.3, -0.25) is 0 Å². The lowest BCUT2D eigenvalue weighted by Crippen LogP contribution is -2.46. The average molecular weight is 413 g/mol. The lowest BCUT2D eigenvalue weighted by molar-refractivity contribution is -0.403. The summed E-state index contributed by atoms with van der Waals surface area (Å²) >= 11 is 0. The van der Waals surface area contributed by atoms with Gasteiger partial charge in [0, 0.05) is 25.7 Å². The van der Waals surface area contributed by atoms with Crippen LogP contribution in [-0.2, 0) is 18.9 Å². The maximum atomic E-state index is 6.17. The summed E-state index contributed by atoms with van der Waals surface area (Å²) in [6.45, 7) is 10.3. The summed E-state index contributed by atoms with van der Waals surface area (Å²) in [5.41, 5.74) is 0. The Morgan fingerprint density at radius 2 is 1.38 bits per heavy atom. The summed E-state index contributed by atoms with van der Waals surface area (Å²) in [6.07, 6.45) is 17.8. The fourth-order valence-corrected chi connectivity index (χ4v) is 5.15. The summed E-state index contributed by atoms with van der Waals surface area (Å²) in [4.78, 5) is 0. The zero-order valence-electron chi connectivity index (χ0n) is 19.8. The SMILES string of the molecule is CCCCCCCC[C@H](CCCC1CCC2OC2C1)C(OCC)(OCC)OCC. The highest BCUT2D eigenvalue weighted by atomic mass is 16.9. The van der Waals surface area contributed by atoms with Gasteiger partial charge in [-0.25, -0.2) is 0 Å². The van der Waals surface area contributed by atoms with Crippen molar-refractivity contribution in [2.75, 3.05) is 19.8 Å². The molecule has 4 atom stereocenters. The standard InChI is InChI=1S/C25H48O4/c1-5-9-10-11-12-13-16-22(25(26-6-2,27-7-3)28-8-4)17-14-15-21-18-19-23-24(20-21)29-23/h21-24H,5-20H2,1-4H3/t21?,22-,23?,24?/m1/s1. The molecule has 2 aliphatic rings. The summed E-state index contributed by atoms with van der Waals surface area (Å²) < 4.78 is 24.2. The highest BCUT2D eigenvalue weighted by Gasteiger charge is 2.44. The highest BCUT2D eigenvalue weighted by Crippen LogP contribution is 2.42. The molecule has 2 rings (SSSR count). The van der Waals surface area contributed by atoms with Crippen molar-refractivity contribution in [3.8, 4) is 0 Å². The quantitative estimate of drug-likeness (QED) is 0.140. The van der Waals surface area contributed by atoms with Gasteiger partial charge in [0.1, 0.15) is 0 Å². The number of ether oxygens (including phenoxy) is 4. The fraction of sp³-hybridized carbons (Fsp3) is 1.00. The van der Waals surface area contributed by atoms with Crippen LogP contribution in [0.1, 0.15) is 111 Å². The van der Waals surface area contributed by atoms with E-state index in [4.69, 9.17) is 18.9 Å². The molecular formula is C25H48O4. The van der Waals surface area contributed by atoms with Crippen LogP contribution in [0.15, 0.2) is 0 Å². The van der Waals surface area contributed by atoms with Gasteiger partial charge in [0.25, 0.3) is 5.97 Å². The van der Waals surface area contributed by atoms with E-state index in [2.05, 4.69) is 6.92 Å². The third-order valence-electron chi connectivity index (χ3n) is 6.72. The first-order valence-electron chi connectivity index (χ1n) is 12.8. The van der Waals surface area contributed by atoms with E-state index in [0.29, 0.717) is 37.9 Å². The summed E-state index contributed by atoms with van der Waals surface area (Å²) in [5.74, 6) is 0.287. The maximum Gasteiger partial charge on any atom is 0.285 e. The van der Waals surface area contributed by atoms with Crippen molar-refractivity contribution in [3.63, 3.8) is 0 Å². The lowest BCUT2D eigenvalue weighted by atomic mass is 9.84. The molecule has 0 spiro atoms. The van der Waals surface area contributed by atoms with Gasteiger partial charge in [-0.2, -0.15) is 0 Å². The van der Waals surface area contributed by atoms with Gasteiger partial charge in [-0.15, -0.1) is 0 Å². The van der Waals surface area contributed by atoms with E-state index in [1.54, 1.807) is 0 Å². The molecule has 1 aliphatic carbocycles. The number of epoxide rings is 1. The van der Waals surface area contributed by atoms with Crippen LogP contribution in [-0.4, -0.2) is 38.0 Å². The molecule has 0 bridgehead atoms. The molecule has 29 heavy (non-hydrogen) atoms. The van der Waals surface area contributed by atoms with Crippen LogP contribution in [0.2, 0.25) is 0 Å². The van der Waals surface area contributed by atoms with Crippen LogP contribution in [0.3, 0.4) is 0 Å². The van der Waals surface area contributed by atoms with Crippen molar-refractivity contribution < 1.29 is 18.9 Å². The molecule has 3 unspecified atom stereocenters. The number of hydrogen-bond donors (Lipinski definition) is 0. The number of rotatable bonds is 18. The minimum absolute atomic E-state index is 0.307. The van der Waals surface area contributed by atoms with E-state index < -0.39 is 5.97 Å². The second-order valence-electron chi connectivity index (χ2n) is 8.98. The third-order valence-corrected chi connectivity index (χ3v) is 6.72. The first-order valence-corrected chi connectivity index (χ1v) is 12.8. The molecule has 0 amide bonds. The van der Waals surface area contributed by atoms with Gasteiger partial charge >= 0.3 is 0 Å². The van der Waals surface area contributed by atoms with Crippen LogP contribution in [0.4, 0.5) is 0 Å². The van der Waals surface area contributed by atoms with Crippen molar-refractivity contribution in [2.45, 2.75) is 129 Å². The molecule has 1 heterocycles. The Kier molecular flexibility index (Phi) is 12.1. The first kappa shape index (κ1) is 25.1. The predicted octanol–water partition coefficient (Wildman–Crippen LogP) is 6.85. The molecule has 0 radical (unpaired) electrons. The molecule has 4 nitrogen and oxygen atoms in total. The van der Waals surface area contributed by atoms with Gasteiger partial charge in [-0.1, -0.05) is 58.3 Å². The Labute approximate surface area is 180 Å². The van der Waals surface area contributed by atoms with E-state index in [0.717, 1.165) is 18.8 Å². The zero-order valence-corrected chi connectivity index (χ0v) is 19.8. The number of unbranched alkanes of at least 4 members (excludes halogenated alkanes) is 5. The van der Waals surface area contributed by atoms with E-state index in [1.165, 1.54) is 70.6 Å². The molecule has 0 aromatic heterocycles. The van der Waals surface area contributed by atoms with Gasteiger partial charge in [-0.05, 0) is 58.8 Å². The predicted molar refractivity (Wildman–Crippen MR) is 119 cm³/mol. The number of hydrogen-bond acceptors (Lipinski definition) is 4. The maximum absolute atomic E-state index is 6.17. The van der Waals surface area contributed by atoms with E-state index in [1.807, 2.05) is 20.8 Å². The average Bonchev–Trinajstić information content (AvgIpc) is 3.48. The Morgan fingerprint density at radius 1 is 0.759 bits per heavy atom. The second-order valence-corrected chi connectivity index (χ2v) is 8.98. The minimum Gasteiger partial charge on any atom is -0.370 e. The Bertz CT molecular complexity index is 397. The highest BCUT2D eigenvalue weighted by molar-refractivity contribution is 4.91. The first-order chi connectivity index (χ1) is 14.2. The summed E-state index contributed by atoms with van der Waals surface area (Å²) in [7, 11) is 0. The van der Waals surface area contributed by atoms with E-state index >= 15 is 0 Å². The Morgan fingerprint density at radius 3 is 2.00 bits per heavy atom. The molecule has 2 fully saturated rings. The lowest BCUT2D eigenvalue weighted by Gasteiger charge is -2.39. The summed E-state index contributed by atoms with van der Waals surface area (Å²) in [5, 5.41) is 0. The van der Waals surface area contributed by atoms with Crippen LogP contribution in [0, 0.1) is 11.8 Å². The van der Waals surface area contributed by atoms with Crippen molar-refractivity contribution in [1.29, 1.82) is 0 Å². The monoisotopic (exact) mass is 412 g/mol. The van der Waals surface area contributed by atoms with Crippen molar-refractivity contribution in [1.82, 2.24) is 0 Å². The smallest absolute Gasteiger partial charge is 0.285 e. The van der Waals surface area contributed by atoms with Crippen molar-refractivity contribution in [2.24, 2.45) is 11.8 Å². The van der Waals surface area contributed by atoms with Gasteiger partial charge in [0.05, 0.1) is 12.2 Å². The molecule has 1 aliphatic heterocycles. The van der Waals surface area contributed by atoms with Gasteiger partial charge < -0.3 is 18.9 Å². The van der Waals surface area contributed by atoms with E-state index in [9.17, 15) is 0 Å². The molecule has 4 heteroatoms. The molecule has 0 aromatic carbocycles. The molecular weight excluding hydrogens is 364 g/mol. The molecule has 172 valence electrons. The van der Waals surface area contributed by atoms with Crippen LogP contribution >= 0.6 is 0 Å². The summed E-state index contributed by atoms with van der Waals surface area (Å²) in [6, 6.07) is 0. The van der Waals surface area contributed by atoms with Crippen molar-refractivity contribution >= 4 is 0 Å². The molecule has 0 aromatic rings. The normalized spacial score (nSPS) is 25.0. The Balaban J connectivity index is 1.88. The fourth-order valence-electron chi connectivity index (χ4n) is 5.15. The Hall–Kier alpha value is -0.160. The third kappa shape index (κ3) is 8.47. The topological polar surface area (TPSA) is 40.2 Å². The van der Waals surface area contributed by atoms with Gasteiger partial charge in [0.15, 0.2) is 0 Å². The molecule has 1 saturated heterocycles. The zero-order chi connectivity index (χ0) is 21.0. The second kappa shape index (κ2) is 14.0. The van der Waals surface area contributed by atoms with Crippen molar-refractivity contribution in [3.05, 3.63) is 0 Å². The minimum atomic E-state index is -0.862. The van der Waals surface area contributed by atoms with Crippen LogP contribution in [0.5, 0.6) is 0 Å². The molecule has 0 N–H and O–H groups in total. The van der Waals surface area contributed by atoms with Crippen LogP contribution in [0.25, 0.3) is 0 Å². The largest absolute Gasteiger partial charge is 0.370 e. The molecule has 1 saturated carbocycles. The van der Waals surface area contributed by atoms with E-state index in [-0.39, 0.29) is 0 Å². The van der Waals surface area contributed by atoms with Crippen LogP contribution < -0.4 is 0 Å². The number of fused-ring (bicyclic) bond motifs is 1.